The van der Waals surface area contributed by atoms with Crippen molar-refractivity contribution in [1.29, 1.82) is 0 Å². The summed E-state index contributed by atoms with van der Waals surface area (Å²) in [6.07, 6.45) is 0.00953. The maximum Gasteiger partial charge on any atom is 0.257 e. The topological polar surface area (TPSA) is 61.8 Å². The predicted octanol–water partition coefficient (Wildman–Crippen LogP) is 0.761. The van der Waals surface area contributed by atoms with Gasteiger partial charge in [-0.3, -0.25) is 4.79 Å². The minimum Gasteiger partial charge on any atom is -0.507 e. The Morgan fingerprint density at radius 2 is 2.37 bits per heavy atom. The van der Waals surface area contributed by atoms with Crippen LogP contribution in [0.15, 0.2) is 18.2 Å². The first-order valence-corrected chi connectivity index (χ1v) is 6.45. The number of likely N-dealkylation sites (N-methyl/N-ethyl adjacent to an activating group) is 1. The van der Waals surface area contributed by atoms with Gasteiger partial charge in [-0.05, 0) is 24.6 Å². The highest BCUT2D eigenvalue weighted by molar-refractivity contribution is 5.96. The number of carbonyl (C=O) groups excluding carboxylic acids is 1. The lowest BCUT2D eigenvalue weighted by Crippen LogP contribution is -2.45. The minimum absolute atomic E-state index is 0.00953. The number of phenolic OH excluding ortho intramolecular Hbond substituents is 1. The Hall–Kier alpha value is -1.59. The van der Waals surface area contributed by atoms with Crippen LogP contribution in [0.1, 0.15) is 15.9 Å². The first kappa shape index (κ1) is 13.8. The number of ether oxygens (including phenoxy) is 1. The highest BCUT2D eigenvalue weighted by atomic mass is 16.5. The second kappa shape index (κ2) is 6.04. The van der Waals surface area contributed by atoms with Crippen molar-refractivity contribution in [2.75, 3.05) is 33.3 Å². The molecule has 1 aliphatic rings. The summed E-state index contributed by atoms with van der Waals surface area (Å²) in [6.45, 7) is 4.66. The maximum atomic E-state index is 12.2. The van der Waals surface area contributed by atoms with Gasteiger partial charge < -0.3 is 20.1 Å². The third kappa shape index (κ3) is 3.45. The van der Waals surface area contributed by atoms with Gasteiger partial charge in [0.15, 0.2) is 0 Å². The molecule has 5 nitrogen and oxygen atoms in total. The van der Waals surface area contributed by atoms with Gasteiger partial charge in [0.2, 0.25) is 0 Å². The Labute approximate surface area is 113 Å². The Bertz CT molecular complexity index is 456. The van der Waals surface area contributed by atoms with E-state index in [1.807, 2.05) is 13.0 Å². The monoisotopic (exact) mass is 264 g/mol. The number of carbonyl (C=O) groups is 1. The summed E-state index contributed by atoms with van der Waals surface area (Å²) in [7, 11) is 1.72. The Morgan fingerprint density at radius 3 is 3.00 bits per heavy atom. The van der Waals surface area contributed by atoms with Crippen LogP contribution in [-0.2, 0) is 4.74 Å². The van der Waals surface area contributed by atoms with E-state index in [1.54, 1.807) is 24.1 Å². The highest BCUT2D eigenvalue weighted by Crippen LogP contribution is 2.20. The quantitative estimate of drug-likeness (QED) is 0.846. The molecule has 2 rings (SSSR count). The number of aryl methyl sites for hydroxylation is 1. The highest BCUT2D eigenvalue weighted by Gasteiger charge is 2.21. The number of aromatic hydroxyl groups is 1. The van der Waals surface area contributed by atoms with E-state index in [2.05, 4.69) is 5.32 Å². The van der Waals surface area contributed by atoms with Crippen molar-refractivity contribution in [3.63, 3.8) is 0 Å². The lowest BCUT2D eigenvalue weighted by atomic mass is 10.1. The van der Waals surface area contributed by atoms with Crippen molar-refractivity contribution in [2.45, 2.75) is 13.0 Å². The Kier molecular flexibility index (Phi) is 4.39. The molecular weight excluding hydrogens is 244 g/mol. The van der Waals surface area contributed by atoms with Crippen LogP contribution < -0.4 is 5.32 Å². The second-order valence-corrected chi connectivity index (χ2v) is 4.90. The maximum absolute atomic E-state index is 12.2. The van der Waals surface area contributed by atoms with Crippen molar-refractivity contribution in [1.82, 2.24) is 10.2 Å². The fraction of sp³-hybridized carbons (Fsp3) is 0.500. The molecule has 0 spiro atoms. The molecular formula is C14H20N2O3. The van der Waals surface area contributed by atoms with E-state index < -0.39 is 0 Å². The number of nitrogens with zero attached hydrogens (tertiary/aromatic N) is 1. The van der Waals surface area contributed by atoms with Gasteiger partial charge in [-0.25, -0.2) is 0 Å². The zero-order valence-corrected chi connectivity index (χ0v) is 11.3. The zero-order valence-electron chi connectivity index (χ0n) is 11.3. The molecule has 1 unspecified atom stereocenters. The third-order valence-corrected chi connectivity index (χ3v) is 3.21. The van der Waals surface area contributed by atoms with E-state index in [-0.39, 0.29) is 17.8 Å². The van der Waals surface area contributed by atoms with Gasteiger partial charge in [0, 0.05) is 26.7 Å². The summed E-state index contributed by atoms with van der Waals surface area (Å²) in [5, 5.41) is 13.1. The van der Waals surface area contributed by atoms with Gasteiger partial charge in [0.05, 0.1) is 18.3 Å². The standard InChI is InChI=1S/C14H20N2O3/c1-10-3-4-12(13(17)7-10)14(18)16(2)9-11-8-15-5-6-19-11/h3-4,7,11,15,17H,5-6,8-9H2,1-2H3. The molecule has 2 N–H and O–H groups in total. The molecule has 19 heavy (non-hydrogen) atoms. The average Bonchev–Trinajstić information content (AvgIpc) is 2.39. The summed E-state index contributed by atoms with van der Waals surface area (Å²) in [5.74, 6) is -0.161. The van der Waals surface area contributed by atoms with Crippen LogP contribution in [-0.4, -0.2) is 55.3 Å². The molecule has 0 aliphatic carbocycles. The normalized spacial score (nSPS) is 19.2. The number of hydrogen-bond donors (Lipinski definition) is 2. The van der Waals surface area contributed by atoms with Crippen molar-refractivity contribution in [3.05, 3.63) is 29.3 Å². The molecule has 1 aromatic carbocycles. The van der Waals surface area contributed by atoms with Gasteiger partial charge in [-0.2, -0.15) is 0 Å². The number of amides is 1. The number of nitrogens with one attached hydrogen (secondary N) is 1. The number of rotatable bonds is 3. The summed E-state index contributed by atoms with van der Waals surface area (Å²) >= 11 is 0. The Balaban J connectivity index is 2.01. The molecule has 1 fully saturated rings. The van der Waals surface area contributed by atoms with Crippen LogP contribution in [0.5, 0.6) is 5.75 Å². The summed E-state index contributed by atoms with van der Waals surface area (Å²) in [4.78, 5) is 13.8. The second-order valence-electron chi connectivity index (χ2n) is 4.90. The largest absolute Gasteiger partial charge is 0.507 e. The molecule has 0 bridgehead atoms. The summed E-state index contributed by atoms with van der Waals surface area (Å²) in [6, 6.07) is 5.07. The number of phenols is 1. The molecule has 104 valence electrons. The molecule has 1 saturated heterocycles. The molecule has 1 atom stereocenters. The molecule has 5 heteroatoms. The van der Waals surface area contributed by atoms with E-state index in [0.717, 1.165) is 18.7 Å². The SMILES string of the molecule is Cc1ccc(C(=O)N(C)CC2CNCCO2)c(O)c1. The fourth-order valence-electron chi connectivity index (χ4n) is 2.15. The van der Waals surface area contributed by atoms with Crippen LogP contribution in [0.25, 0.3) is 0 Å². The van der Waals surface area contributed by atoms with Gasteiger partial charge in [0.25, 0.3) is 5.91 Å². The molecule has 0 aromatic heterocycles. The van der Waals surface area contributed by atoms with Crippen molar-refractivity contribution in [3.8, 4) is 5.75 Å². The van der Waals surface area contributed by atoms with Gasteiger partial charge >= 0.3 is 0 Å². The average molecular weight is 264 g/mol. The smallest absolute Gasteiger partial charge is 0.257 e. The van der Waals surface area contributed by atoms with Crippen LogP contribution in [0.2, 0.25) is 0 Å². The lowest BCUT2D eigenvalue weighted by molar-refractivity contribution is 0.0103. The van der Waals surface area contributed by atoms with E-state index in [0.29, 0.717) is 18.7 Å². The molecule has 0 radical (unpaired) electrons. The van der Waals surface area contributed by atoms with Gasteiger partial charge in [-0.1, -0.05) is 6.07 Å². The number of benzene rings is 1. The van der Waals surface area contributed by atoms with E-state index >= 15 is 0 Å². The zero-order chi connectivity index (χ0) is 13.8. The molecule has 1 aromatic rings. The fourth-order valence-corrected chi connectivity index (χ4v) is 2.15. The Morgan fingerprint density at radius 1 is 1.58 bits per heavy atom. The van der Waals surface area contributed by atoms with Crippen LogP contribution >= 0.6 is 0 Å². The lowest BCUT2D eigenvalue weighted by Gasteiger charge is -2.28. The van der Waals surface area contributed by atoms with E-state index in [4.69, 9.17) is 4.74 Å². The summed E-state index contributed by atoms with van der Waals surface area (Å²) in [5.41, 5.74) is 1.26. The van der Waals surface area contributed by atoms with Crippen molar-refractivity contribution < 1.29 is 14.6 Å². The van der Waals surface area contributed by atoms with Gasteiger partial charge in [0.1, 0.15) is 5.75 Å². The van der Waals surface area contributed by atoms with Crippen LogP contribution in [0.3, 0.4) is 0 Å². The first-order chi connectivity index (χ1) is 9.08. The molecule has 0 saturated carbocycles. The van der Waals surface area contributed by atoms with E-state index in [9.17, 15) is 9.90 Å². The first-order valence-electron chi connectivity index (χ1n) is 6.45. The minimum atomic E-state index is -0.188. The third-order valence-electron chi connectivity index (χ3n) is 3.21. The molecule has 1 amide bonds. The van der Waals surface area contributed by atoms with Crippen LogP contribution in [0, 0.1) is 6.92 Å². The van der Waals surface area contributed by atoms with Crippen molar-refractivity contribution >= 4 is 5.91 Å². The predicted molar refractivity (Wildman–Crippen MR) is 72.4 cm³/mol. The van der Waals surface area contributed by atoms with Crippen molar-refractivity contribution in [2.24, 2.45) is 0 Å². The van der Waals surface area contributed by atoms with E-state index in [1.165, 1.54) is 0 Å². The number of morpholine rings is 1. The number of hydrogen-bond acceptors (Lipinski definition) is 4. The van der Waals surface area contributed by atoms with Crippen LogP contribution in [0.4, 0.5) is 0 Å². The molecule has 1 aliphatic heterocycles. The molecule has 1 heterocycles. The summed E-state index contributed by atoms with van der Waals surface area (Å²) < 4.78 is 5.57. The van der Waals surface area contributed by atoms with Gasteiger partial charge in [-0.15, -0.1) is 0 Å².